The lowest BCUT2D eigenvalue weighted by atomic mass is 10.4. The maximum Gasteiger partial charge on any atom is 0.213 e. The van der Waals surface area contributed by atoms with E-state index in [1.54, 1.807) is 31.1 Å². The fourth-order valence-corrected chi connectivity index (χ4v) is 2.05. The highest BCUT2D eigenvalue weighted by atomic mass is 32.2. The number of rotatable bonds is 4. The van der Waals surface area contributed by atoms with Crippen LogP contribution in [0.5, 0.6) is 5.88 Å². The number of nitrogens with zero attached hydrogens (tertiary/aromatic N) is 2. The van der Waals surface area contributed by atoms with E-state index in [1.807, 2.05) is 24.3 Å². The second-order valence-corrected chi connectivity index (χ2v) is 4.43. The van der Waals surface area contributed by atoms with E-state index < -0.39 is 0 Å². The molecule has 0 aliphatic carbocycles. The minimum Gasteiger partial charge on any atom is -0.481 e. The molecule has 17 heavy (non-hydrogen) atoms. The second-order valence-electron chi connectivity index (χ2n) is 3.38. The van der Waals surface area contributed by atoms with Gasteiger partial charge in [-0.05, 0) is 18.2 Å². The van der Waals surface area contributed by atoms with Crippen molar-refractivity contribution >= 4 is 17.6 Å². The Morgan fingerprint density at radius 2 is 2.18 bits per heavy atom. The summed E-state index contributed by atoms with van der Waals surface area (Å²) in [5.41, 5.74) is 6.50. The van der Waals surface area contributed by atoms with Crippen LogP contribution in [0.15, 0.2) is 41.4 Å². The largest absolute Gasteiger partial charge is 0.481 e. The highest BCUT2D eigenvalue weighted by molar-refractivity contribution is 7.98. The summed E-state index contributed by atoms with van der Waals surface area (Å²) >= 11 is 1.67. The summed E-state index contributed by atoms with van der Waals surface area (Å²) < 4.78 is 5.07. The Morgan fingerprint density at radius 1 is 1.29 bits per heavy atom. The maximum absolute atomic E-state index is 5.52. The van der Waals surface area contributed by atoms with Crippen molar-refractivity contribution in [1.29, 1.82) is 0 Å². The summed E-state index contributed by atoms with van der Waals surface area (Å²) in [5.74, 6) is 1.95. The van der Waals surface area contributed by atoms with Gasteiger partial charge in [0.05, 0.1) is 12.8 Å². The number of pyridine rings is 2. The average molecular weight is 247 g/mol. The molecule has 0 radical (unpaired) electrons. The van der Waals surface area contributed by atoms with Gasteiger partial charge in [0.1, 0.15) is 5.82 Å². The molecule has 0 saturated carbocycles. The number of thioether (sulfide) groups is 1. The topological polar surface area (TPSA) is 61.0 Å². The van der Waals surface area contributed by atoms with Crippen LogP contribution in [0.1, 0.15) is 5.69 Å². The lowest BCUT2D eigenvalue weighted by Gasteiger charge is -2.03. The van der Waals surface area contributed by atoms with Crippen molar-refractivity contribution in [3.05, 3.63) is 42.2 Å². The van der Waals surface area contributed by atoms with Crippen molar-refractivity contribution in [3.63, 3.8) is 0 Å². The third-order valence-electron chi connectivity index (χ3n) is 2.14. The van der Waals surface area contributed by atoms with Gasteiger partial charge >= 0.3 is 0 Å². The Morgan fingerprint density at radius 3 is 2.88 bits per heavy atom. The monoisotopic (exact) mass is 247 g/mol. The average Bonchev–Trinajstić information content (AvgIpc) is 2.38. The van der Waals surface area contributed by atoms with Gasteiger partial charge in [0.2, 0.25) is 5.88 Å². The number of hydrogen-bond acceptors (Lipinski definition) is 5. The van der Waals surface area contributed by atoms with Crippen LogP contribution < -0.4 is 10.5 Å². The van der Waals surface area contributed by atoms with Gasteiger partial charge in [-0.15, -0.1) is 11.8 Å². The molecule has 0 aliphatic heterocycles. The molecule has 88 valence electrons. The zero-order valence-electron chi connectivity index (χ0n) is 9.46. The van der Waals surface area contributed by atoms with Gasteiger partial charge in [0, 0.05) is 22.9 Å². The number of methoxy groups -OCH3 is 1. The molecule has 2 N–H and O–H groups in total. The zero-order chi connectivity index (χ0) is 12.1. The van der Waals surface area contributed by atoms with Crippen LogP contribution in [0, 0.1) is 0 Å². The number of nitrogen functional groups attached to an aromatic ring is 1. The summed E-state index contributed by atoms with van der Waals surface area (Å²) in [7, 11) is 1.61. The molecule has 5 heteroatoms. The van der Waals surface area contributed by atoms with Gasteiger partial charge in [0.15, 0.2) is 0 Å². The van der Waals surface area contributed by atoms with Crippen LogP contribution in [0.3, 0.4) is 0 Å². The Bertz CT molecular complexity index is 487. The number of anilines is 1. The molecule has 0 fully saturated rings. The van der Waals surface area contributed by atoms with Crippen LogP contribution >= 0.6 is 11.8 Å². The smallest absolute Gasteiger partial charge is 0.213 e. The van der Waals surface area contributed by atoms with Gasteiger partial charge in [-0.1, -0.05) is 6.07 Å². The van der Waals surface area contributed by atoms with Gasteiger partial charge < -0.3 is 10.5 Å². The van der Waals surface area contributed by atoms with Crippen LogP contribution in [0.2, 0.25) is 0 Å². The number of hydrogen-bond donors (Lipinski definition) is 1. The normalized spacial score (nSPS) is 10.2. The molecule has 4 nitrogen and oxygen atoms in total. The maximum atomic E-state index is 5.52. The van der Waals surface area contributed by atoms with Gasteiger partial charge in [0.25, 0.3) is 0 Å². The molecule has 0 aromatic carbocycles. The summed E-state index contributed by atoms with van der Waals surface area (Å²) in [5, 5.41) is 0. The van der Waals surface area contributed by atoms with Crippen molar-refractivity contribution in [3.8, 4) is 5.88 Å². The Labute approximate surface area is 104 Å². The fourth-order valence-electron chi connectivity index (χ4n) is 1.29. The molecule has 2 aromatic rings. The third kappa shape index (κ3) is 3.35. The van der Waals surface area contributed by atoms with Crippen molar-refractivity contribution in [2.75, 3.05) is 12.8 Å². The van der Waals surface area contributed by atoms with Crippen LogP contribution in [-0.4, -0.2) is 17.1 Å². The first-order valence-electron chi connectivity index (χ1n) is 5.12. The van der Waals surface area contributed by atoms with Crippen LogP contribution in [0.25, 0.3) is 0 Å². The Kier molecular flexibility index (Phi) is 3.82. The zero-order valence-corrected chi connectivity index (χ0v) is 10.3. The molecule has 0 bridgehead atoms. The number of nitrogens with two attached hydrogens (primary N) is 1. The van der Waals surface area contributed by atoms with Crippen molar-refractivity contribution in [2.24, 2.45) is 0 Å². The fraction of sp³-hybridized carbons (Fsp3) is 0.167. The molecule has 2 aromatic heterocycles. The van der Waals surface area contributed by atoms with E-state index in [0.29, 0.717) is 11.7 Å². The Balaban J connectivity index is 1.99. The lowest BCUT2D eigenvalue weighted by Crippen LogP contribution is -1.92. The molecule has 0 amide bonds. The molecule has 0 spiro atoms. The van der Waals surface area contributed by atoms with E-state index in [4.69, 9.17) is 10.5 Å². The first kappa shape index (κ1) is 11.7. The summed E-state index contributed by atoms with van der Waals surface area (Å²) in [6, 6.07) is 9.48. The van der Waals surface area contributed by atoms with Crippen LogP contribution in [-0.2, 0) is 5.75 Å². The quantitative estimate of drug-likeness (QED) is 0.840. The molecular formula is C12H13N3OS. The van der Waals surface area contributed by atoms with Gasteiger partial charge in [-0.2, -0.15) is 0 Å². The lowest BCUT2D eigenvalue weighted by molar-refractivity contribution is 0.397. The predicted octanol–water partition coefficient (Wildman–Crippen LogP) is 2.36. The van der Waals surface area contributed by atoms with Gasteiger partial charge in [-0.3, -0.25) is 0 Å². The third-order valence-corrected chi connectivity index (χ3v) is 3.15. The van der Waals surface area contributed by atoms with E-state index in [-0.39, 0.29) is 0 Å². The van der Waals surface area contributed by atoms with Crippen molar-refractivity contribution < 1.29 is 4.74 Å². The molecule has 2 heterocycles. The first-order chi connectivity index (χ1) is 8.28. The standard InChI is InChI=1S/C12H13N3OS/c1-16-12-4-2-3-9(15-12)8-17-10-5-6-11(13)14-7-10/h2-7H,8H2,1H3,(H2,13,14). The highest BCUT2D eigenvalue weighted by Crippen LogP contribution is 2.22. The summed E-state index contributed by atoms with van der Waals surface area (Å²) in [6.07, 6.45) is 1.76. The number of ether oxygens (including phenoxy) is 1. The van der Waals surface area contributed by atoms with E-state index in [1.165, 1.54) is 0 Å². The molecule has 0 atom stereocenters. The second kappa shape index (κ2) is 5.54. The Hall–Kier alpha value is -1.75. The molecule has 0 saturated heterocycles. The van der Waals surface area contributed by atoms with E-state index >= 15 is 0 Å². The van der Waals surface area contributed by atoms with Gasteiger partial charge in [-0.25, -0.2) is 9.97 Å². The van der Waals surface area contributed by atoms with Crippen molar-refractivity contribution in [2.45, 2.75) is 10.6 Å². The molecule has 0 unspecified atom stereocenters. The summed E-state index contributed by atoms with van der Waals surface area (Å²) in [4.78, 5) is 9.45. The molecule has 2 rings (SSSR count). The van der Waals surface area contributed by atoms with E-state index in [9.17, 15) is 0 Å². The molecular weight excluding hydrogens is 234 g/mol. The van der Waals surface area contributed by atoms with Crippen LogP contribution in [0.4, 0.5) is 5.82 Å². The molecule has 0 aliphatic rings. The van der Waals surface area contributed by atoms with E-state index in [0.717, 1.165) is 16.3 Å². The summed E-state index contributed by atoms with van der Waals surface area (Å²) in [6.45, 7) is 0. The predicted molar refractivity (Wildman–Crippen MR) is 69.0 cm³/mol. The van der Waals surface area contributed by atoms with E-state index in [2.05, 4.69) is 9.97 Å². The first-order valence-corrected chi connectivity index (χ1v) is 6.11. The minimum absolute atomic E-state index is 0.536. The highest BCUT2D eigenvalue weighted by Gasteiger charge is 2.00. The SMILES string of the molecule is COc1cccc(CSc2ccc(N)nc2)n1. The van der Waals surface area contributed by atoms with Crippen molar-refractivity contribution in [1.82, 2.24) is 9.97 Å². The number of aromatic nitrogens is 2. The minimum atomic E-state index is 0.536.